The third-order valence-electron chi connectivity index (χ3n) is 5.75. The van der Waals surface area contributed by atoms with Gasteiger partial charge < -0.3 is 0 Å². The summed E-state index contributed by atoms with van der Waals surface area (Å²) < 4.78 is 1.93. The minimum atomic E-state index is 0.109. The van der Waals surface area contributed by atoms with Crippen LogP contribution in [0.1, 0.15) is 54.6 Å². The molecular weight excluding hydrogens is 346 g/mol. The average molecular weight is 375 g/mol. The summed E-state index contributed by atoms with van der Waals surface area (Å²) in [4.78, 5) is 12.5. The fourth-order valence-electron chi connectivity index (χ4n) is 4.13. The molecule has 0 amide bonds. The van der Waals surface area contributed by atoms with Crippen molar-refractivity contribution in [1.82, 2.24) is 10.2 Å². The molecule has 2 heterocycles. The van der Waals surface area contributed by atoms with Crippen molar-refractivity contribution in [2.75, 3.05) is 0 Å². The maximum Gasteiger partial charge on any atom is 0.227 e. The number of hydrogen-bond donors (Lipinski definition) is 1. The summed E-state index contributed by atoms with van der Waals surface area (Å²) >= 11 is 0. The lowest BCUT2D eigenvalue weighted by Gasteiger charge is -2.20. The predicted octanol–water partition coefficient (Wildman–Crippen LogP) is 4.76. The Morgan fingerprint density at radius 1 is 1.07 bits per heavy atom. The summed E-state index contributed by atoms with van der Waals surface area (Å²) in [5, 5.41) is 7.71. The number of benzene rings is 1. The summed E-state index contributed by atoms with van der Waals surface area (Å²) in [6, 6.07) is 15.6. The van der Waals surface area contributed by atoms with Gasteiger partial charge in [-0.25, -0.2) is 0 Å². The number of H-pyrrole nitrogens is 1. The summed E-state index contributed by atoms with van der Waals surface area (Å²) in [7, 11) is 0. The van der Waals surface area contributed by atoms with E-state index < -0.39 is 0 Å². The van der Waals surface area contributed by atoms with Gasteiger partial charge in [0.15, 0.2) is 12.4 Å². The van der Waals surface area contributed by atoms with Crippen LogP contribution in [0.2, 0.25) is 0 Å². The van der Waals surface area contributed by atoms with Crippen LogP contribution in [0.25, 0.3) is 11.3 Å². The Balaban J connectivity index is 1.40. The van der Waals surface area contributed by atoms with E-state index in [0.29, 0.717) is 6.54 Å². The van der Waals surface area contributed by atoms with Gasteiger partial charge in [0.25, 0.3) is 0 Å². The van der Waals surface area contributed by atoms with Gasteiger partial charge in [-0.1, -0.05) is 62.4 Å². The Morgan fingerprint density at radius 3 is 2.71 bits per heavy atom. The maximum absolute atomic E-state index is 12.5. The lowest BCUT2D eigenvalue weighted by molar-refractivity contribution is -0.682. The lowest BCUT2D eigenvalue weighted by Crippen LogP contribution is -2.37. The molecular formula is C24H28N3O+. The van der Waals surface area contributed by atoms with Crippen LogP contribution < -0.4 is 4.57 Å². The molecule has 1 aliphatic carbocycles. The van der Waals surface area contributed by atoms with Crippen molar-refractivity contribution in [2.24, 2.45) is 5.92 Å². The van der Waals surface area contributed by atoms with E-state index in [0.717, 1.165) is 29.2 Å². The average Bonchev–Trinajstić information content (AvgIpc) is 3.23. The smallest absolute Gasteiger partial charge is 0.227 e. The van der Waals surface area contributed by atoms with Gasteiger partial charge in [0.05, 0.1) is 11.3 Å². The van der Waals surface area contributed by atoms with Gasteiger partial charge >= 0.3 is 0 Å². The molecule has 1 fully saturated rings. The van der Waals surface area contributed by atoms with Crippen molar-refractivity contribution in [3.05, 3.63) is 72.2 Å². The van der Waals surface area contributed by atoms with Gasteiger partial charge in [-0.15, -0.1) is 0 Å². The molecule has 0 aliphatic heterocycles. The zero-order valence-corrected chi connectivity index (χ0v) is 16.3. The second kappa shape index (κ2) is 8.96. The van der Waals surface area contributed by atoms with E-state index in [1.807, 2.05) is 59.4 Å². The van der Waals surface area contributed by atoms with Crippen molar-refractivity contribution < 1.29 is 9.36 Å². The number of ketones is 1. The fraction of sp³-hybridized carbons (Fsp3) is 0.375. The van der Waals surface area contributed by atoms with Gasteiger partial charge in [0.2, 0.25) is 12.3 Å². The van der Waals surface area contributed by atoms with Crippen LogP contribution in [0.5, 0.6) is 0 Å². The number of hydrogen-bond acceptors (Lipinski definition) is 2. The highest BCUT2D eigenvalue weighted by molar-refractivity contribution is 5.94. The van der Waals surface area contributed by atoms with Crippen LogP contribution in [-0.4, -0.2) is 16.0 Å². The van der Waals surface area contributed by atoms with Crippen molar-refractivity contribution in [3.8, 4) is 11.3 Å². The third-order valence-corrected chi connectivity index (χ3v) is 5.75. The van der Waals surface area contributed by atoms with Crippen molar-refractivity contribution >= 4 is 5.78 Å². The molecule has 0 atom stereocenters. The second-order valence-electron chi connectivity index (χ2n) is 7.88. The van der Waals surface area contributed by atoms with E-state index >= 15 is 0 Å². The normalized spacial score (nSPS) is 14.9. The molecule has 4 rings (SSSR count). The number of aryl methyl sites for hydroxylation is 1. The Labute approximate surface area is 166 Å². The number of carbonyl (C=O) groups is 1. The van der Waals surface area contributed by atoms with Gasteiger partial charge in [-0.2, -0.15) is 9.67 Å². The van der Waals surface area contributed by atoms with Crippen LogP contribution in [-0.2, 0) is 13.0 Å². The standard InChI is InChI=1S/C24H28N3O/c28-24(20-10-5-2-6-11-20)18-27-15-7-12-21(17-27)23-16-22(25-26-23)14-13-19-8-3-1-4-9-19/h2,5-7,10-12,15-17,19H,1,3-4,8-9,13-14,18H2,(H,25,26)/q+1. The first-order valence-corrected chi connectivity index (χ1v) is 10.4. The molecule has 1 N–H and O–H groups in total. The van der Waals surface area contributed by atoms with E-state index in [4.69, 9.17) is 0 Å². The summed E-state index contributed by atoms with van der Waals surface area (Å²) in [5.41, 5.74) is 3.92. The van der Waals surface area contributed by atoms with E-state index in [9.17, 15) is 4.79 Å². The second-order valence-corrected chi connectivity index (χ2v) is 7.88. The van der Waals surface area contributed by atoms with E-state index in [-0.39, 0.29) is 5.78 Å². The molecule has 0 radical (unpaired) electrons. The molecule has 1 aliphatic rings. The lowest BCUT2D eigenvalue weighted by atomic mass is 9.86. The fourth-order valence-corrected chi connectivity index (χ4v) is 4.13. The van der Waals surface area contributed by atoms with Crippen LogP contribution in [0.15, 0.2) is 60.9 Å². The minimum Gasteiger partial charge on any atom is -0.287 e. The van der Waals surface area contributed by atoms with Crippen molar-refractivity contribution in [1.29, 1.82) is 0 Å². The molecule has 0 bridgehead atoms. The molecule has 1 saturated carbocycles. The topological polar surface area (TPSA) is 49.6 Å². The molecule has 2 aromatic heterocycles. The number of aromatic nitrogens is 3. The van der Waals surface area contributed by atoms with Crippen LogP contribution >= 0.6 is 0 Å². The summed E-state index contributed by atoms with van der Waals surface area (Å²) in [5.74, 6) is 0.987. The number of nitrogens with one attached hydrogen (secondary N) is 1. The van der Waals surface area contributed by atoms with Gasteiger partial charge in [0, 0.05) is 17.3 Å². The van der Waals surface area contributed by atoms with E-state index in [1.165, 1.54) is 44.2 Å². The molecule has 4 heteroatoms. The van der Waals surface area contributed by atoms with Crippen LogP contribution in [0.3, 0.4) is 0 Å². The Kier molecular flexibility index (Phi) is 5.95. The van der Waals surface area contributed by atoms with Crippen molar-refractivity contribution in [3.63, 3.8) is 0 Å². The number of nitrogens with zero attached hydrogens (tertiary/aromatic N) is 2. The SMILES string of the molecule is O=C(C[n+]1cccc(-c2cc(CCC3CCCCC3)[nH]n2)c1)c1ccccc1. The first-order chi connectivity index (χ1) is 13.8. The van der Waals surface area contributed by atoms with Crippen molar-refractivity contribution in [2.45, 2.75) is 51.5 Å². The van der Waals surface area contributed by atoms with Gasteiger partial charge in [0.1, 0.15) is 0 Å². The molecule has 3 aromatic rings. The Hall–Kier alpha value is -2.75. The monoisotopic (exact) mass is 374 g/mol. The maximum atomic E-state index is 12.5. The molecule has 0 spiro atoms. The Bertz CT molecular complexity index is 910. The number of rotatable bonds is 7. The number of Topliss-reactive ketones (excluding diaryl/α,β-unsaturated/α-hetero) is 1. The number of pyridine rings is 1. The molecule has 4 nitrogen and oxygen atoms in total. The van der Waals surface area contributed by atoms with Crippen LogP contribution in [0.4, 0.5) is 0 Å². The highest BCUT2D eigenvalue weighted by atomic mass is 16.1. The Morgan fingerprint density at radius 2 is 1.89 bits per heavy atom. The van der Waals surface area contributed by atoms with Crippen LogP contribution in [0, 0.1) is 5.92 Å². The van der Waals surface area contributed by atoms with Gasteiger partial charge in [-0.3, -0.25) is 9.89 Å². The first-order valence-electron chi connectivity index (χ1n) is 10.4. The summed E-state index contributed by atoms with van der Waals surface area (Å²) in [6.07, 6.45) is 13.2. The highest BCUT2D eigenvalue weighted by Gasteiger charge is 2.16. The number of carbonyl (C=O) groups excluding carboxylic acids is 1. The predicted molar refractivity (Wildman–Crippen MR) is 110 cm³/mol. The first kappa shape index (κ1) is 18.6. The molecule has 0 unspecified atom stereocenters. The molecule has 28 heavy (non-hydrogen) atoms. The van der Waals surface area contributed by atoms with E-state index in [1.54, 1.807) is 0 Å². The van der Waals surface area contributed by atoms with Gasteiger partial charge in [-0.05, 0) is 30.9 Å². The summed E-state index contributed by atoms with van der Waals surface area (Å²) in [6.45, 7) is 0.330. The van der Waals surface area contributed by atoms with E-state index in [2.05, 4.69) is 16.3 Å². The largest absolute Gasteiger partial charge is 0.287 e. The molecule has 1 aromatic carbocycles. The number of aromatic amines is 1. The minimum absolute atomic E-state index is 0.109. The highest BCUT2D eigenvalue weighted by Crippen LogP contribution is 2.27. The zero-order valence-electron chi connectivity index (χ0n) is 16.3. The quantitative estimate of drug-likeness (QED) is 0.479. The molecule has 0 saturated heterocycles. The third kappa shape index (κ3) is 4.75. The zero-order chi connectivity index (χ0) is 19.2. The molecule has 144 valence electrons.